The van der Waals surface area contributed by atoms with E-state index >= 15 is 0 Å². The van der Waals surface area contributed by atoms with Crippen LogP contribution in [0.4, 0.5) is 11.4 Å². The Balaban J connectivity index is 1.37. The number of aromatic nitrogens is 2. The fourth-order valence-corrected chi connectivity index (χ4v) is 3.59. The maximum absolute atomic E-state index is 12.6. The van der Waals surface area contributed by atoms with Crippen LogP contribution in [0.1, 0.15) is 0 Å². The van der Waals surface area contributed by atoms with Crippen molar-refractivity contribution in [2.75, 3.05) is 19.0 Å². The van der Waals surface area contributed by atoms with E-state index in [4.69, 9.17) is 13.9 Å². The fourth-order valence-electron chi connectivity index (χ4n) is 3.59. The van der Waals surface area contributed by atoms with E-state index in [1.807, 2.05) is 30.3 Å². The van der Waals surface area contributed by atoms with Crippen LogP contribution in [0.3, 0.4) is 0 Å². The number of hydrogen-bond acceptors (Lipinski definition) is 8. The van der Waals surface area contributed by atoms with Gasteiger partial charge >= 0.3 is 0 Å². The van der Waals surface area contributed by atoms with Crippen LogP contribution in [0, 0.1) is 10.1 Å². The molecular weight excluding hydrogens is 428 g/mol. The Bertz CT molecular complexity index is 1540. The van der Waals surface area contributed by atoms with Gasteiger partial charge in [0.05, 0.1) is 28.6 Å². The predicted octanol–water partition coefficient (Wildman–Crippen LogP) is 4.46. The summed E-state index contributed by atoms with van der Waals surface area (Å²) in [5.74, 6) is 0.171. The summed E-state index contributed by atoms with van der Waals surface area (Å²) in [7, 11) is 1.52. The van der Waals surface area contributed by atoms with Gasteiger partial charge in [0, 0.05) is 29.0 Å². The lowest BCUT2D eigenvalue weighted by atomic mass is 10.1. The van der Waals surface area contributed by atoms with Crippen molar-refractivity contribution in [3.05, 3.63) is 71.0 Å². The molecular formula is C23H16N4O6. The molecule has 0 radical (unpaired) electrons. The number of para-hydroxylation sites is 1. The van der Waals surface area contributed by atoms with Gasteiger partial charge in [-0.3, -0.25) is 14.9 Å². The van der Waals surface area contributed by atoms with Crippen molar-refractivity contribution in [3.8, 4) is 11.6 Å². The van der Waals surface area contributed by atoms with E-state index in [0.29, 0.717) is 27.9 Å². The number of anilines is 1. The molecule has 1 amide bonds. The van der Waals surface area contributed by atoms with E-state index in [0.717, 1.165) is 16.4 Å². The standard InChI is InChI=1S/C23H16N4O6/c1-31-21-9-16-14-4-2-3-5-19(14)33-20(16)10-18(21)26-22(28)11-32-23-15-7-6-13(27(29)30)8-17(15)24-12-25-23/h2-10,12H,11H2,1H3,(H,26,28). The summed E-state index contributed by atoms with van der Waals surface area (Å²) >= 11 is 0. The number of carbonyl (C=O) groups is 1. The minimum absolute atomic E-state index is 0.0991. The van der Waals surface area contributed by atoms with Crippen molar-refractivity contribution in [1.29, 1.82) is 0 Å². The van der Waals surface area contributed by atoms with Gasteiger partial charge in [0.15, 0.2) is 6.61 Å². The predicted molar refractivity (Wildman–Crippen MR) is 121 cm³/mol. The molecule has 2 aromatic heterocycles. The molecule has 0 saturated carbocycles. The van der Waals surface area contributed by atoms with Gasteiger partial charge < -0.3 is 19.2 Å². The number of benzene rings is 3. The lowest BCUT2D eigenvalue weighted by Crippen LogP contribution is -2.21. The molecule has 3 aromatic carbocycles. The van der Waals surface area contributed by atoms with Crippen LogP contribution in [0.15, 0.2) is 65.3 Å². The Labute approximate surface area is 185 Å². The topological polar surface area (TPSA) is 130 Å². The summed E-state index contributed by atoms with van der Waals surface area (Å²) in [6.07, 6.45) is 1.22. The zero-order chi connectivity index (χ0) is 22.9. The number of ether oxygens (including phenoxy) is 2. The number of hydrogen-bond donors (Lipinski definition) is 1. The molecule has 0 aliphatic carbocycles. The smallest absolute Gasteiger partial charge is 0.271 e. The number of methoxy groups -OCH3 is 1. The number of carbonyl (C=O) groups excluding carboxylic acids is 1. The highest BCUT2D eigenvalue weighted by molar-refractivity contribution is 6.07. The van der Waals surface area contributed by atoms with Crippen molar-refractivity contribution in [2.24, 2.45) is 0 Å². The average Bonchev–Trinajstić information content (AvgIpc) is 3.19. The molecule has 10 nitrogen and oxygen atoms in total. The summed E-state index contributed by atoms with van der Waals surface area (Å²) in [6, 6.07) is 15.3. The third kappa shape index (κ3) is 3.74. The first-order valence-corrected chi connectivity index (χ1v) is 9.84. The fraction of sp³-hybridized carbons (Fsp3) is 0.0870. The Hall–Kier alpha value is -4.73. The maximum Gasteiger partial charge on any atom is 0.271 e. The van der Waals surface area contributed by atoms with Gasteiger partial charge in [-0.05, 0) is 18.2 Å². The number of nitro groups is 1. The third-order valence-electron chi connectivity index (χ3n) is 5.11. The number of nitrogens with one attached hydrogen (secondary N) is 1. The SMILES string of the molecule is COc1cc2c(cc1NC(=O)COc1ncnc3cc([N+](=O)[O-])ccc13)oc1ccccc12. The lowest BCUT2D eigenvalue weighted by Gasteiger charge is -2.11. The van der Waals surface area contributed by atoms with Gasteiger partial charge in [-0.2, -0.15) is 0 Å². The molecule has 0 unspecified atom stereocenters. The number of nitro benzene ring substituents is 1. The largest absolute Gasteiger partial charge is 0.495 e. The first-order valence-electron chi connectivity index (χ1n) is 9.84. The molecule has 164 valence electrons. The maximum atomic E-state index is 12.6. The molecule has 0 atom stereocenters. The highest BCUT2D eigenvalue weighted by atomic mass is 16.6. The van der Waals surface area contributed by atoms with Crippen LogP contribution in [0.25, 0.3) is 32.8 Å². The monoisotopic (exact) mass is 444 g/mol. The summed E-state index contributed by atoms with van der Waals surface area (Å²) < 4.78 is 16.9. The van der Waals surface area contributed by atoms with Crippen LogP contribution in [-0.2, 0) is 4.79 Å². The summed E-state index contributed by atoms with van der Waals surface area (Å²) in [4.78, 5) is 31.1. The molecule has 0 saturated heterocycles. The Morgan fingerprint density at radius 2 is 1.91 bits per heavy atom. The number of furan rings is 1. The molecule has 10 heteroatoms. The minimum Gasteiger partial charge on any atom is -0.495 e. The number of nitrogens with zero attached hydrogens (tertiary/aromatic N) is 3. The van der Waals surface area contributed by atoms with Crippen molar-refractivity contribution in [3.63, 3.8) is 0 Å². The second kappa shape index (κ2) is 8.08. The number of non-ortho nitro benzene ring substituents is 1. The number of rotatable bonds is 6. The molecule has 0 bridgehead atoms. The van der Waals surface area contributed by atoms with E-state index in [-0.39, 0.29) is 18.2 Å². The molecule has 5 aromatic rings. The van der Waals surface area contributed by atoms with Crippen molar-refractivity contribution >= 4 is 50.1 Å². The van der Waals surface area contributed by atoms with Crippen LogP contribution in [0.2, 0.25) is 0 Å². The third-order valence-corrected chi connectivity index (χ3v) is 5.11. The van der Waals surface area contributed by atoms with Crippen LogP contribution < -0.4 is 14.8 Å². The first-order chi connectivity index (χ1) is 16.0. The molecule has 33 heavy (non-hydrogen) atoms. The van der Waals surface area contributed by atoms with Crippen molar-refractivity contribution < 1.29 is 23.6 Å². The molecule has 2 heterocycles. The number of amides is 1. The molecule has 5 rings (SSSR count). The Morgan fingerprint density at radius 3 is 2.73 bits per heavy atom. The number of fused-ring (bicyclic) bond motifs is 4. The van der Waals surface area contributed by atoms with E-state index in [9.17, 15) is 14.9 Å². The second-order valence-electron chi connectivity index (χ2n) is 7.12. The van der Waals surface area contributed by atoms with E-state index in [1.54, 1.807) is 6.07 Å². The van der Waals surface area contributed by atoms with E-state index in [1.165, 1.54) is 31.6 Å². The van der Waals surface area contributed by atoms with Crippen LogP contribution in [-0.4, -0.2) is 34.5 Å². The van der Waals surface area contributed by atoms with E-state index in [2.05, 4.69) is 15.3 Å². The molecule has 0 fully saturated rings. The first kappa shape index (κ1) is 20.2. The zero-order valence-corrected chi connectivity index (χ0v) is 17.3. The van der Waals surface area contributed by atoms with Gasteiger partial charge in [-0.25, -0.2) is 9.97 Å². The van der Waals surface area contributed by atoms with Gasteiger partial charge in [0.25, 0.3) is 11.6 Å². The Kier molecular flexibility index (Phi) is 4.94. The van der Waals surface area contributed by atoms with Gasteiger partial charge in [0.1, 0.15) is 23.2 Å². The van der Waals surface area contributed by atoms with Gasteiger partial charge in [-0.15, -0.1) is 0 Å². The zero-order valence-electron chi connectivity index (χ0n) is 17.3. The molecule has 1 N–H and O–H groups in total. The van der Waals surface area contributed by atoms with E-state index < -0.39 is 10.8 Å². The lowest BCUT2D eigenvalue weighted by molar-refractivity contribution is -0.384. The van der Waals surface area contributed by atoms with Gasteiger partial charge in [0.2, 0.25) is 5.88 Å². The molecule has 0 aliphatic rings. The van der Waals surface area contributed by atoms with Crippen LogP contribution in [0.5, 0.6) is 11.6 Å². The van der Waals surface area contributed by atoms with Crippen molar-refractivity contribution in [2.45, 2.75) is 0 Å². The summed E-state index contributed by atoms with van der Waals surface area (Å²) in [6.45, 7) is -0.343. The highest BCUT2D eigenvalue weighted by Crippen LogP contribution is 2.36. The molecule has 0 aliphatic heterocycles. The summed E-state index contributed by atoms with van der Waals surface area (Å²) in [5.41, 5.74) is 2.01. The normalized spacial score (nSPS) is 11.1. The quantitative estimate of drug-likeness (QED) is 0.300. The molecule has 0 spiro atoms. The van der Waals surface area contributed by atoms with Crippen molar-refractivity contribution in [1.82, 2.24) is 9.97 Å². The van der Waals surface area contributed by atoms with Crippen LogP contribution >= 0.6 is 0 Å². The average molecular weight is 444 g/mol. The second-order valence-corrected chi connectivity index (χ2v) is 7.12. The van der Waals surface area contributed by atoms with Gasteiger partial charge in [-0.1, -0.05) is 18.2 Å². The highest BCUT2D eigenvalue weighted by Gasteiger charge is 2.16. The Morgan fingerprint density at radius 1 is 1.06 bits per heavy atom. The summed E-state index contributed by atoms with van der Waals surface area (Å²) in [5, 5.41) is 16.0. The minimum atomic E-state index is -0.512.